The first-order valence-corrected chi connectivity index (χ1v) is 9.65. The number of carbonyl (C=O) groups excluding carboxylic acids is 1. The van der Waals surface area contributed by atoms with E-state index in [9.17, 15) is 18.5 Å². The van der Waals surface area contributed by atoms with Gasteiger partial charge in [0.1, 0.15) is 5.54 Å². The molecule has 2 rings (SSSR count). The van der Waals surface area contributed by atoms with Crippen molar-refractivity contribution in [2.45, 2.75) is 43.0 Å². The van der Waals surface area contributed by atoms with Crippen molar-refractivity contribution in [3.8, 4) is 6.07 Å². The zero-order chi connectivity index (χ0) is 18.5. The summed E-state index contributed by atoms with van der Waals surface area (Å²) in [7, 11) is -2.28. The van der Waals surface area contributed by atoms with E-state index in [1.54, 1.807) is 25.1 Å². The van der Waals surface area contributed by atoms with Crippen molar-refractivity contribution >= 4 is 22.1 Å². The maximum absolute atomic E-state index is 12.8. The molecule has 1 aromatic carbocycles. The number of hydrogen-bond acceptors (Lipinski definition) is 5. The second-order valence-electron chi connectivity index (χ2n) is 5.98. The lowest BCUT2D eigenvalue weighted by Gasteiger charge is -2.31. The molecule has 0 N–H and O–H groups in total. The molecule has 1 fully saturated rings. The molecule has 6 nitrogen and oxygen atoms in total. The van der Waals surface area contributed by atoms with Gasteiger partial charge in [-0.1, -0.05) is 25.0 Å². The van der Waals surface area contributed by atoms with Crippen LogP contribution in [0.5, 0.6) is 0 Å². The first kappa shape index (κ1) is 19.2. The second-order valence-corrected chi connectivity index (χ2v) is 7.95. The van der Waals surface area contributed by atoms with Gasteiger partial charge >= 0.3 is 5.97 Å². The number of nitriles is 1. The monoisotopic (exact) mass is 362 g/mol. The molecule has 25 heavy (non-hydrogen) atoms. The Morgan fingerprint density at radius 3 is 2.44 bits per heavy atom. The SMILES string of the molecule is CCOC(=O)/C=C/c1ccc(S(=O)(=O)N(C)C2(C#N)CCCC2)cc1. The van der Waals surface area contributed by atoms with Crippen LogP contribution in [0, 0.1) is 11.3 Å². The van der Waals surface area contributed by atoms with Crippen LogP contribution in [0.15, 0.2) is 35.2 Å². The van der Waals surface area contributed by atoms with Crippen molar-refractivity contribution in [1.82, 2.24) is 4.31 Å². The average molecular weight is 362 g/mol. The molecular weight excluding hydrogens is 340 g/mol. The van der Waals surface area contributed by atoms with Crippen molar-refractivity contribution in [1.29, 1.82) is 5.26 Å². The third-order valence-corrected chi connectivity index (χ3v) is 6.42. The van der Waals surface area contributed by atoms with Crippen LogP contribution in [0.25, 0.3) is 6.08 Å². The minimum atomic E-state index is -3.75. The van der Waals surface area contributed by atoms with E-state index >= 15 is 0 Å². The predicted octanol–water partition coefficient (Wildman–Crippen LogP) is 2.72. The summed E-state index contributed by atoms with van der Waals surface area (Å²) in [5, 5.41) is 9.50. The number of rotatable bonds is 6. The summed E-state index contributed by atoms with van der Waals surface area (Å²) in [4.78, 5) is 11.4. The van der Waals surface area contributed by atoms with E-state index in [1.807, 2.05) is 0 Å². The highest BCUT2D eigenvalue weighted by atomic mass is 32.2. The van der Waals surface area contributed by atoms with Crippen LogP contribution in [0.1, 0.15) is 38.2 Å². The molecule has 0 amide bonds. The summed E-state index contributed by atoms with van der Waals surface area (Å²) in [5.74, 6) is -0.448. The first-order valence-electron chi connectivity index (χ1n) is 8.21. The Balaban J connectivity index is 2.20. The van der Waals surface area contributed by atoms with E-state index in [-0.39, 0.29) is 4.90 Å². The standard InChI is InChI=1S/C18H22N2O4S/c1-3-24-17(21)11-8-15-6-9-16(10-7-15)25(22,23)20(2)18(14-19)12-4-5-13-18/h6-11H,3-5,12-13H2,1-2H3/b11-8+. The Kier molecular flexibility index (Phi) is 5.98. The number of esters is 1. The molecule has 0 heterocycles. The fourth-order valence-corrected chi connectivity index (χ4v) is 4.43. The van der Waals surface area contributed by atoms with Crippen LogP contribution < -0.4 is 0 Å². The second kappa shape index (κ2) is 7.81. The number of ether oxygens (including phenoxy) is 1. The molecule has 1 aliphatic carbocycles. The minimum Gasteiger partial charge on any atom is -0.463 e. The van der Waals surface area contributed by atoms with Gasteiger partial charge in [-0.3, -0.25) is 0 Å². The maximum Gasteiger partial charge on any atom is 0.330 e. The highest BCUT2D eigenvalue weighted by molar-refractivity contribution is 7.89. The molecular formula is C18H22N2O4S. The number of nitrogens with zero attached hydrogens (tertiary/aromatic N) is 2. The smallest absolute Gasteiger partial charge is 0.330 e. The van der Waals surface area contributed by atoms with Gasteiger partial charge < -0.3 is 4.74 Å². The molecule has 0 unspecified atom stereocenters. The third-order valence-electron chi connectivity index (χ3n) is 4.48. The third kappa shape index (κ3) is 4.09. The van der Waals surface area contributed by atoms with Crippen molar-refractivity contribution in [2.75, 3.05) is 13.7 Å². The summed E-state index contributed by atoms with van der Waals surface area (Å²) < 4.78 is 31.7. The van der Waals surface area contributed by atoms with E-state index < -0.39 is 21.5 Å². The van der Waals surface area contributed by atoms with Crippen molar-refractivity contribution in [3.05, 3.63) is 35.9 Å². The lowest BCUT2D eigenvalue weighted by Crippen LogP contribution is -2.46. The van der Waals surface area contributed by atoms with E-state index in [4.69, 9.17) is 4.74 Å². The van der Waals surface area contributed by atoms with Gasteiger partial charge in [-0.05, 0) is 43.5 Å². The van der Waals surface area contributed by atoms with E-state index in [1.165, 1.54) is 29.6 Å². The quantitative estimate of drug-likeness (QED) is 0.573. The molecule has 1 saturated carbocycles. The van der Waals surface area contributed by atoms with Gasteiger partial charge in [0.15, 0.2) is 0 Å². The average Bonchev–Trinajstić information content (AvgIpc) is 3.10. The van der Waals surface area contributed by atoms with E-state index in [2.05, 4.69) is 6.07 Å². The molecule has 0 bridgehead atoms. The molecule has 0 radical (unpaired) electrons. The van der Waals surface area contributed by atoms with Gasteiger partial charge in [0.2, 0.25) is 10.0 Å². The van der Waals surface area contributed by atoms with Crippen LogP contribution in [0.3, 0.4) is 0 Å². The molecule has 0 atom stereocenters. The van der Waals surface area contributed by atoms with Crippen LogP contribution >= 0.6 is 0 Å². The highest BCUT2D eigenvalue weighted by Crippen LogP contribution is 2.37. The fraction of sp³-hybridized carbons (Fsp3) is 0.444. The predicted molar refractivity (Wildman–Crippen MR) is 93.9 cm³/mol. The van der Waals surface area contributed by atoms with Gasteiger partial charge in [-0.2, -0.15) is 9.57 Å². The summed E-state index contributed by atoms with van der Waals surface area (Å²) in [6, 6.07) is 8.39. The number of benzene rings is 1. The molecule has 0 spiro atoms. The summed E-state index contributed by atoms with van der Waals surface area (Å²) in [5.41, 5.74) is -0.271. The van der Waals surface area contributed by atoms with Crippen LogP contribution in [-0.2, 0) is 19.6 Å². The van der Waals surface area contributed by atoms with Crippen molar-refractivity contribution in [2.24, 2.45) is 0 Å². The van der Waals surface area contributed by atoms with Gasteiger partial charge in [0, 0.05) is 13.1 Å². The molecule has 1 aromatic rings. The Morgan fingerprint density at radius 2 is 1.92 bits per heavy atom. The first-order chi connectivity index (χ1) is 11.9. The van der Waals surface area contributed by atoms with Crippen molar-refractivity contribution in [3.63, 3.8) is 0 Å². The van der Waals surface area contributed by atoms with Gasteiger partial charge in [0.05, 0.1) is 17.6 Å². The van der Waals surface area contributed by atoms with Crippen LogP contribution in [0.2, 0.25) is 0 Å². The van der Waals surface area contributed by atoms with Crippen LogP contribution in [-0.4, -0.2) is 37.9 Å². The number of carbonyl (C=O) groups is 1. The van der Waals surface area contributed by atoms with E-state index in [0.29, 0.717) is 25.0 Å². The zero-order valence-corrected chi connectivity index (χ0v) is 15.3. The van der Waals surface area contributed by atoms with Gasteiger partial charge in [-0.15, -0.1) is 0 Å². The molecule has 7 heteroatoms. The van der Waals surface area contributed by atoms with Crippen LogP contribution in [0.4, 0.5) is 0 Å². The molecule has 1 aliphatic rings. The lowest BCUT2D eigenvalue weighted by molar-refractivity contribution is -0.137. The summed E-state index contributed by atoms with van der Waals surface area (Å²) in [6.45, 7) is 2.02. The number of hydrogen-bond donors (Lipinski definition) is 0. The zero-order valence-electron chi connectivity index (χ0n) is 14.4. The molecule has 0 saturated heterocycles. The van der Waals surface area contributed by atoms with Gasteiger partial charge in [-0.25, -0.2) is 13.2 Å². The summed E-state index contributed by atoms with van der Waals surface area (Å²) >= 11 is 0. The Bertz CT molecular complexity index is 785. The van der Waals surface area contributed by atoms with Gasteiger partial charge in [0.25, 0.3) is 0 Å². The van der Waals surface area contributed by atoms with Crippen molar-refractivity contribution < 1.29 is 17.9 Å². The largest absolute Gasteiger partial charge is 0.463 e. The Morgan fingerprint density at radius 1 is 1.32 bits per heavy atom. The fourth-order valence-electron chi connectivity index (χ4n) is 2.95. The minimum absolute atomic E-state index is 0.129. The Hall–Kier alpha value is -2.17. The Labute approximate surface area is 148 Å². The highest BCUT2D eigenvalue weighted by Gasteiger charge is 2.44. The maximum atomic E-state index is 12.8. The molecule has 0 aromatic heterocycles. The topological polar surface area (TPSA) is 87.5 Å². The lowest BCUT2D eigenvalue weighted by atomic mass is 10.0. The molecule has 0 aliphatic heterocycles. The summed E-state index contributed by atoms with van der Waals surface area (Å²) in [6.07, 6.45) is 5.67. The van der Waals surface area contributed by atoms with E-state index in [0.717, 1.165) is 12.8 Å². The number of sulfonamides is 1. The normalized spacial score (nSPS) is 16.9. The molecule has 134 valence electrons.